The third-order valence-corrected chi connectivity index (χ3v) is 0. The third-order valence-electron chi connectivity index (χ3n) is 0. The van der Waals surface area contributed by atoms with Gasteiger partial charge in [-0.25, -0.2) is 0 Å². The largest absolute Gasteiger partial charge is 4.00 e. The van der Waals surface area contributed by atoms with Gasteiger partial charge < -0.3 is 92.6 Å². The Labute approximate surface area is 139 Å². The van der Waals surface area contributed by atoms with Crippen LogP contribution < -0.4 is 22.9 Å². The van der Waals surface area contributed by atoms with Crippen molar-refractivity contribution in [3.63, 3.8) is 0 Å². The van der Waals surface area contributed by atoms with Crippen LogP contribution in [0.2, 0.25) is 0 Å². The first-order valence-corrected chi connectivity index (χ1v) is 4.42. The van der Waals surface area contributed by atoms with E-state index in [-0.39, 0.29) is 26.2 Å². The van der Waals surface area contributed by atoms with E-state index >= 15 is 0 Å². The van der Waals surface area contributed by atoms with Crippen molar-refractivity contribution in [2.45, 2.75) is 0 Å². The molecule has 0 aromatic carbocycles. The number of rotatable bonds is 0. The van der Waals surface area contributed by atoms with E-state index in [9.17, 15) is 0 Å². The van der Waals surface area contributed by atoms with Crippen molar-refractivity contribution in [1.82, 2.24) is 0 Å². The van der Waals surface area contributed by atoms with Gasteiger partial charge in [0.05, 0.1) is 21.0 Å². The molecule has 8 N–H and O–H groups in total. The molecule has 0 aromatic heterocycles. The molecule has 0 atom stereocenters. The van der Waals surface area contributed by atoms with Gasteiger partial charge in [0.15, 0.2) is 0 Å². The van der Waals surface area contributed by atoms with Crippen molar-refractivity contribution in [2.24, 2.45) is 22.9 Å². The molecule has 13 heteroatoms. The molecule has 0 heterocycles. The number of nitrogens with two attached hydrogens (primary N) is 4. The summed E-state index contributed by atoms with van der Waals surface area (Å²) in [4.78, 5) is 36.1. The smallest absolute Gasteiger partial charge is 0.719 e. The van der Waals surface area contributed by atoms with Gasteiger partial charge in [-0.15, -0.1) is 0 Å². The molecular formula is C4H8N4O4S4Zr. The fourth-order valence-electron chi connectivity index (χ4n) is 0. The Balaban J connectivity index is -0.0000000369. The Morgan fingerprint density at radius 2 is 0.529 bits per heavy atom. The van der Waals surface area contributed by atoms with Gasteiger partial charge in [-0.05, 0) is 0 Å². The summed E-state index contributed by atoms with van der Waals surface area (Å²) in [6, 6.07) is 0. The standard InChI is InChI=1S/4CH3NOS.Zr/c4*2-1(3)4;/h4*(H3,2,3,4);/q;;;;+4/p-4. The van der Waals surface area contributed by atoms with Gasteiger partial charge in [0.25, 0.3) is 0 Å². The number of hydrogen-bond acceptors (Lipinski definition) is 8. The first-order valence-electron chi connectivity index (χ1n) is 2.79. The van der Waals surface area contributed by atoms with Gasteiger partial charge >= 0.3 is 26.2 Å². The van der Waals surface area contributed by atoms with Crippen LogP contribution in [0.15, 0.2) is 0 Å². The minimum Gasteiger partial charge on any atom is -0.719 e. The Kier molecular flexibility index (Phi) is 43.7. The van der Waals surface area contributed by atoms with E-state index in [0.29, 0.717) is 0 Å². The maximum atomic E-state index is 9.04. The summed E-state index contributed by atoms with van der Waals surface area (Å²) in [6.07, 6.45) is 0. The molecule has 0 saturated carbocycles. The first-order chi connectivity index (χ1) is 6.93. The average Bonchev–Trinajstić information content (AvgIpc) is 1.76. The van der Waals surface area contributed by atoms with E-state index in [1.807, 2.05) is 0 Å². The summed E-state index contributed by atoms with van der Waals surface area (Å²) < 4.78 is 0. The zero-order valence-corrected chi connectivity index (χ0v) is 13.8. The van der Waals surface area contributed by atoms with Gasteiger partial charge in [-0.1, -0.05) is 0 Å². The molecule has 0 aliphatic heterocycles. The second-order valence-electron chi connectivity index (χ2n) is 1.28. The van der Waals surface area contributed by atoms with Gasteiger partial charge in [-0.3, -0.25) is 0 Å². The molecule has 0 unspecified atom stereocenters. The van der Waals surface area contributed by atoms with Crippen LogP contribution >= 0.6 is 0 Å². The molecule has 96 valence electrons. The molecule has 0 aromatic rings. The van der Waals surface area contributed by atoms with E-state index in [0.717, 1.165) is 0 Å². The SMILES string of the molecule is NC(=O)[S-].NC(=O)[S-].NC(=O)[S-].NC(=O)[S-].[Zr+4]. The van der Waals surface area contributed by atoms with Crippen LogP contribution in [0.4, 0.5) is 19.2 Å². The van der Waals surface area contributed by atoms with E-state index in [2.05, 4.69) is 73.4 Å². The fourth-order valence-corrected chi connectivity index (χ4v) is 0. The number of hydrogen-bond donors (Lipinski definition) is 4. The zero-order chi connectivity index (χ0) is 14.3. The van der Waals surface area contributed by atoms with Crippen LogP contribution in [0.1, 0.15) is 0 Å². The Bertz CT molecular complexity index is 178. The number of amides is 4. The quantitative estimate of drug-likeness (QED) is 0.357. The Hall–Kier alpha value is -0.357. The molecule has 17 heavy (non-hydrogen) atoms. The van der Waals surface area contributed by atoms with E-state index in [1.54, 1.807) is 0 Å². The molecule has 0 rings (SSSR count). The van der Waals surface area contributed by atoms with Gasteiger partial charge in [-0.2, -0.15) is 0 Å². The molecule has 0 spiro atoms. The van der Waals surface area contributed by atoms with Crippen molar-refractivity contribution in [2.75, 3.05) is 0 Å². The molecule has 8 nitrogen and oxygen atoms in total. The van der Waals surface area contributed by atoms with Gasteiger partial charge in [0.1, 0.15) is 0 Å². The van der Waals surface area contributed by atoms with Crippen LogP contribution in [0.5, 0.6) is 0 Å². The summed E-state index contributed by atoms with van der Waals surface area (Å²) in [6.45, 7) is 0. The average molecular weight is 396 g/mol. The third kappa shape index (κ3) is 22900. The maximum Gasteiger partial charge on any atom is 4.00 e. The number of primary amides is 4. The van der Waals surface area contributed by atoms with Crippen LogP contribution in [-0.2, 0) is 76.7 Å². The minimum atomic E-state index is -0.750. The molecule has 4 amide bonds. The minimum absolute atomic E-state index is 0. The normalized spacial score (nSPS) is 5.65. The Morgan fingerprint density at radius 3 is 0.529 bits per heavy atom. The Morgan fingerprint density at radius 1 is 0.529 bits per heavy atom. The van der Waals surface area contributed by atoms with Crippen molar-refractivity contribution in [1.29, 1.82) is 0 Å². The van der Waals surface area contributed by atoms with Crippen LogP contribution in [0, 0.1) is 0 Å². The van der Waals surface area contributed by atoms with E-state index in [4.69, 9.17) is 19.2 Å². The fraction of sp³-hybridized carbons (Fsp3) is 0. The molecule has 0 bridgehead atoms. The van der Waals surface area contributed by atoms with Crippen LogP contribution in [0.3, 0.4) is 0 Å². The molecule has 0 aliphatic rings. The van der Waals surface area contributed by atoms with Crippen molar-refractivity contribution >= 4 is 71.5 Å². The summed E-state index contributed by atoms with van der Waals surface area (Å²) in [5, 5.41) is -3.00. The second-order valence-corrected chi connectivity index (χ2v) is 2.89. The molecule has 0 saturated heterocycles. The van der Waals surface area contributed by atoms with Crippen LogP contribution in [-0.4, -0.2) is 21.0 Å². The summed E-state index contributed by atoms with van der Waals surface area (Å²) in [5.41, 5.74) is 17.1. The summed E-state index contributed by atoms with van der Waals surface area (Å²) >= 11 is 15.0. The summed E-state index contributed by atoms with van der Waals surface area (Å²) in [7, 11) is 0. The first kappa shape index (κ1) is 30.0. The predicted octanol–water partition coefficient (Wildman–Crippen LogP) is -1.55. The van der Waals surface area contributed by atoms with Crippen molar-refractivity contribution in [3.8, 4) is 0 Å². The molecule has 0 fully saturated rings. The summed E-state index contributed by atoms with van der Waals surface area (Å²) in [5.74, 6) is 0. The van der Waals surface area contributed by atoms with Crippen LogP contribution in [0.25, 0.3) is 0 Å². The predicted molar refractivity (Wildman–Crippen MR) is 67.8 cm³/mol. The second kappa shape index (κ2) is 24.7. The molecule has 0 radical (unpaired) electrons. The monoisotopic (exact) mass is 394 g/mol. The zero-order valence-electron chi connectivity index (χ0n) is 8.08. The topological polar surface area (TPSA) is 172 Å². The molecular weight excluding hydrogens is 388 g/mol. The van der Waals surface area contributed by atoms with E-state index in [1.165, 1.54) is 0 Å². The number of carbonyl (C=O) groups excluding carboxylic acids is 4. The van der Waals surface area contributed by atoms with Gasteiger partial charge in [0, 0.05) is 0 Å². The van der Waals surface area contributed by atoms with E-state index < -0.39 is 21.0 Å². The maximum absolute atomic E-state index is 9.04. The van der Waals surface area contributed by atoms with Crippen molar-refractivity contribution in [3.05, 3.63) is 0 Å². The van der Waals surface area contributed by atoms with Gasteiger partial charge in [0.2, 0.25) is 0 Å². The molecule has 0 aliphatic carbocycles. The number of carbonyl (C=O) groups is 4. The van der Waals surface area contributed by atoms with Crippen molar-refractivity contribution < 1.29 is 45.4 Å².